The van der Waals surface area contributed by atoms with Gasteiger partial charge in [0.1, 0.15) is 0 Å². The normalized spacial score (nSPS) is 13.9. The molecule has 11 rings (SSSR count). The molecule has 0 fully saturated rings. The fraction of sp³-hybridized carbons (Fsp3) is 0.0638. The molecule has 1 spiro atoms. The molecule has 0 atom stereocenters. The number of hydrogen-bond donors (Lipinski definition) is 0. The van der Waals surface area contributed by atoms with Crippen molar-refractivity contribution in [3.63, 3.8) is 0 Å². The van der Waals surface area contributed by atoms with Gasteiger partial charge in [-0.05, 0) is 149 Å². The molecule has 47 heavy (non-hydrogen) atoms. The molecule has 0 heteroatoms. The summed E-state index contributed by atoms with van der Waals surface area (Å²) in [6.07, 6.45) is 0. The van der Waals surface area contributed by atoms with Crippen molar-refractivity contribution in [2.75, 3.05) is 0 Å². The minimum Gasteiger partial charge on any atom is -0.0619 e. The van der Waals surface area contributed by atoms with Crippen LogP contribution in [0.2, 0.25) is 0 Å². The standard InChI is InChI=1S/C47H30/c1-27-11-9-12-28(2)44(27)30-22-21-29-24-38-37(25-31(29)23-30)34-16-10-17-36-45(34)39(38)26-43-46(36)35-15-5-8-20-42(35)47(43)40-18-6-3-13-32(40)33-14-4-7-19-41(33)47/h3-26H,1-2H3. The Kier molecular flexibility index (Phi) is 4.74. The molecule has 0 radical (unpaired) electrons. The minimum absolute atomic E-state index is 0.348. The first-order valence-corrected chi connectivity index (χ1v) is 16.7. The molecule has 3 aliphatic carbocycles. The molecule has 0 saturated heterocycles. The maximum absolute atomic E-state index is 2.57. The minimum atomic E-state index is -0.348. The lowest BCUT2D eigenvalue weighted by atomic mass is 9.70. The van der Waals surface area contributed by atoms with Gasteiger partial charge in [-0.3, -0.25) is 0 Å². The van der Waals surface area contributed by atoms with Gasteiger partial charge in [0.2, 0.25) is 0 Å². The topological polar surface area (TPSA) is 0 Å². The summed E-state index contributed by atoms with van der Waals surface area (Å²) in [5, 5.41) is 5.33. The van der Waals surface area contributed by atoms with Crippen molar-refractivity contribution >= 4 is 21.5 Å². The van der Waals surface area contributed by atoms with Gasteiger partial charge in [0.05, 0.1) is 5.41 Å². The van der Waals surface area contributed by atoms with Gasteiger partial charge in [-0.15, -0.1) is 0 Å². The summed E-state index contributed by atoms with van der Waals surface area (Å²) in [6.45, 7) is 4.44. The molecule has 8 aromatic rings. The second-order valence-electron chi connectivity index (χ2n) is 13.7. The molecule has 0 heterocycles. The molecular formula is C47H30. The molecule has 3 aliphatic rings. The molecule has 8 aromatic carbocycles. The van der Waals surface area contributed by atoms with E-state index in [1.165, 1.54) is 111 Å². The average molecular weight is 595 g/mol. The number of aryl methyl sites for hydroxylation is 2. The summed E-state index contributed by atoms with van der Waals surface area (Å²) in [4.78, 5) is 0. The number of fused-ring (bicyclic) bond motifs is 15. The van der Waals surface area contributed by atoms with Gasteiger partial charge in [0, 0.05) is 0 Å². The summed E-state index contributed by atoms with van der Waals surface area (Å²) in [5.74, 6) is 0. The fourth-order valence-electron chi connectivity index (χ4n) is 9.66. The highest BCUT2D eigenvalue weighted by Gasteiger charge is 2.52. The monoisotopic (exact) mass is 594 g/mol. The van der Waals surface area contributed by atoms with Gasteiger partial charge in [0.25, 0.3) is 0 Å². The van der Waals surface area contributed by atoms with E-state index in [4.69, 9.17) is 0 Å². The zero-order valence-electron chi connectivity index (χ0n) is 26.4. The van der Waals surface area contributed by atoms with Crippen LogP contribution in [0.1, 0.15) is 33.4 Å². The Hall–Kier alpha value is -5.72. The second kappa shape index (κ2) is 8.75. The third kappa shape index (κ3) is 3.00. The molecule has 0 N–H and O–H groups in total. The van der Waals surface area contributed by atoms with Crippen LogP contribution < -0.4 is 0 Å². The Bertz CT molecular complexity index is 2640. The van der Waals surface area contributed by atoms with E-state index in [0.717, 1.165) is 0 Å². The van der Waals surface area contributed by atoms with Crippen LogP contribution in [-0.2, 0) is 5.41 Å². The fourth-order valence-corrected chi connectivity index (χ4v) is 9.66. The summed E-state index contributed by atoms with van der Waals surface area (Å²) in [5.41, 5.74) is 21.4. The predicted octanol–water partition coefficient (Wildman–Crippen LogP) is 12.3. The Morgan fingerprint density at radius 3 is 1.66 bits per heavy atom. The largest absolute Gasteiger partial charge is 0.0725 e. The highest BCUT2D eigenvalue weighted by atomic mass is 14.5. The first kappa shape index (κ1) is 25.5. The third-order valence-electron chi connectivity index (χ3n) is 11.4. The molecule has 0 aliphatic heterocycles. The van der Waals surface area contributed by atoms with Crippen LogP contribution >= 0.6 is 0 Å². The van der Waals surface area contributed by atoms with E-state index in [1.807, 2.05) is 0 Å². The van der Waals surface area contributed by atoms with E-state index in [9.17, 15) is 0 Å². The maximum atomic E-state index is 2.57. The molecule has 0 saturated carbocycles. The number of hydrogen-bond acceptors (Lipinski definition) is 0. The molecule has 0 unspecified atom stereocenters. The summed E-state index contributed by atoms with van der Waals surface area (Å²) in [7, 11) is 0. The zero-order valence-corrected chi connectivity index (χ0v) is 26.4. The molecule has 0 aromatic heterocycles. The zero-order chi connectivity index (χ0) is 31.0. The predicted molar refractivity (Wildman–Crippen MR) is 197 cm³/mol. The lowest BCUT2D eigenvalue weighted by molar-refractivity contribution is 0.795. The average Bonchev–Trinajstić information content (AvgIpc) is 3.70. The highest BCUT2D eigenvalue weighted by Crippen LogP contribution is 2.65. The van der Waals surface area contributed by atoms with Crippen LogP contribution in [0.3, 0.4) is 0 Å². The van der Waals surface area contributed by atoms with Gasteiger partial charge in [-0.25, -0.2) is 0 Å². The van der Waals surface area contributed by atoms with E-state index in [-0.39, 0.29) is 5.41 Å². The van der Waals surface area contributed by atoms with Crippen LogP contribution in [0.25, 0.3) is 77.2 Å². The van der Waals surface area contributed by atoms with Crippen molar-refractivity contribution in [1.29, 1.82) is 0 Å². The van der Waals surface area contributed by atoms with Crippen molar-refractivity contribution in [1.82, 2.24) is 0 Å². The van der Waals surface area contributed by atoms with Gasteiger partial charge in [-0.2, -0.15) is 0 Å². The van der Waals surface area contributed by atoms with Crippen molar-refractivity contribution in [2.45, 2.75) is 19.3 Å². The summed E-state index contributed by atoms with van der Waals surface area (Å²) >= 11 is 0. The Morgan fingerprint density at radius 1 is 0.362 bits per heavy atom. The molecule has 0 nitrogen and oxygen atoms in total. The van der Waals surface area contributed by atoms with E-state index in [2.05, 4.69) is 159 Å². The van der Waals surface area contributed by atoms with Crippen LogP contribution in [0.4, 0.5) is 0 Å². The lowest BCUT2D eigenvalue weighted by Gasteiger charge is -2.30. The number of rotatable bonds is 1. The van der Waals surface area contributed by atoms with Crippen LogP contribution in [0, 0.1) is 13.8 Å². The maximum Gasteiger partial charge on any atom is 0.0725 e. The highest BCUT2D eigenvalue weighted by molar-refractivity contribution is 6.22. The van der Waals surface area contributed by atoms with Crippen molar-refractivity contribution in [3.05, 3.63) is 179 Å². The van der Waals surface area contributed by atoms with Crippen molar-refractivity contribution in [3.8, 4) is 55.6 Å². The summed E-state index contributed by atoms with van der Waals surface area (Å²) < 4.78 is 0. The van der Waals surface area contributed by atoms with E-state index in [0.29, 0.717) is 0 Å². The summed E-state index contributed by atoms with van der Waals surface area (Å²) in [6, 6.07) is 55.4. The molecule has 0 bridgehead atoms. The first-order chi connectivity index (χ1) is 23.1. The van der Waals surface area contributed by atoms with Gasteiger partial charge in [0.15, 0.2) is 0 Å². The quantitative estimate of drug-likeness (QED) is 0.177. The number of benzene rings is 8. The van der Waals surface area contributed by atoms with Gasteiger partial charge in [-0.1, -0.05) is 121 Å². The lowest BCUT2D eigenvalue weighted by Crippen LogP contribution is -2.25. The van der Waals surface area contributed by atoms with Gasteiger partial charge >= 0.3 is 0 Å². The van der Waals surface area contributed by atoms with E-state index >= 15 is 0 Å². The second-order valence-corrected chi connectivity index (χ2v) is 13.7. The SMILES string of the molecule is Cc1cccc(C)c1-c1ccc2cc3c(cc2c1)-c1cccc2c4c(cc-3c12)C1(c2ccccc2-c2ccccc21)c1ccccc1-4. The van der Waals surface area contributed by atoms with E-state index in [1.54, 1.807) is 0 Å². The van der Waals surface area contributed by atoms with Crippen LogP contribution in [0.5, 0.6) is 0 Å². The Balaban J connectivity index is 1.23. The van der Waals surface area contributed by atoms with E-state index < -0.39 is 0 Å². The first-order valence-electron chi connectivity index (χ1n) is 16.7. The third-order valence-corrected chi connectivity index (χ3v) is 11.4. The Morgan fingerprint density at radius 2 is 0.936 bits per heavy atom. The smallest absolute Gasteiger partial charge is 0.0619 e. The van der Waals surface area contributed by atoms with Crippen molar-refractivity contribution in [2.24, 2.45) is 0 Å². The molecule has 218 valence electrons. The van der Waals surface area contributed by atoms with Crippen molar-refractivity contribution < 1.29 is 0 Å². The molecule has 0 amide bonds. The Labute approximate surface area is 274 Å². The van der Waals surface area contributed by atoms with Crippen LogP contribution in [-0.4, -0.2) is 0 Å². The molecular weight excluding hydrogens is 565 g/mol. The van der Waals surface area contributed by atoms with Crippen LogP contribution in [0.15, 0.2) is 146 Å². The van der Waals surface area contributed by atoms with Gasteiger partial charge < -0.3 is 0 Å².